The van der Waals surface area contributed by atoms with Crippen molar-refractivity contribution in [3.05, 3.63) is 35.9 Å². The second kappa shape index (κ2) is 6.73. The summed E-state index contributed by atoms with van der Waals surface area (Å²) in [5.74, 6) is -0.472. The molecule has 1 aromatic carbocycles. The molecule has 4 heteroatoms. The molecule has 0 bridgehead atoms. The van der Waals surface area contributed by atoms with Crippen molar-refractivity contribution < 1.29 is 19.1 Å². The van der Waals surface area contributed by atoms with Gasteiger partial charge in [-0.2, -0.15) is 0 Å². The van der Waals surface area contributed by atoms with Crippen molar-refractivity contribution in [3.8, 4) is 0 Å². The Morgan fingerprint density at radius 1 is 1.27 bits per heavy atom. The molecule has 0 atom stereocenters. The monoisotopic (exact) mass is 208 g/mol. The van der Waals surface area contributed by atoms with Gasteiger partial charge in [0.2, 0.25) is 0 Å². The summed E-state index contributed by atoms with van der Waals surface area (Å²) in [5, 5.41) is 0. The Kier molecular flexibility index (Phi) is 5.11. The van der Waals surface area contributed by atoms with Crippen molar-refractivity contribution >= 4 is 12.3 Å². The number of aldehydes is 1. The first-order valence-electron chi connectivity index (χ1n) is 4.54. The van der Waals surface area contributed by atoms with Gasteiger partial charge in [0.15, 0.2) is 0 Å². The van der Waals surface area contributed by atoms with E-state index >= 15 is 0 Å². The van der Waals surface area contributed by atoms with Crippen LogP contribution in [0.1, 0.15) is 5.56 Å². The first-order chi connectivity index (χ1) is 7.33. The predicted molar refractivity (Wildman–Crippen MR) is 53.1 cm³/mol. The third-order valence-corrected chi connectivity index (χ3v) is 1.65. The summed E-state index contributed by atoms with van der Waals surface area (Å²) >= 11 is 0. The van der Waals surface area contributed by atoms with Gasteiger partial charge in [-0.1, -0.05) is 30.3 Å². The highest BCUT2D eigenvalue weighted by atomic mass is 16.6. The summed E-state index contributed by atoms with van der Waals surface area (Å²) in [7, 11) is 0. The van der Waals surface area contributed by atoms with Crippen LogP contribution in [0.3, 0.4) is 0 Å². The fourth-order valence-electron chi connectivity index (χ4n) is 0.970. The van der Waals surface area contributed by atoms with Crippen molar-refractivity contribution in [2.45, 2.75) is 6.61 Å². The molecule has 1 aromatic rings. The number of benzene rings is 1. The van der Waals surface area contributed by atoms with E-state index in [1.807, 2.05) is 30.3 Å². The lowest BCUT2D eigenvalue weighted by Crippen LogP contribution is -2.13. The summed E-state index contributed by atoms with van der Waals surface area (Å²) in [5.41, 5.74) is 0.918. The van der Waals surface area contributed by atoms with Gasteiger partial charge in [-0.15, -0.1) is 0 Å². The van der Waals surface area contributed by atoms with Crippen LogP contribution < -0.4 is 0 Å². The molecule has 1 rings (SSSR count). The van der Waals surface area contributed by atoms with Crippen molar-refractivity contribution in [1.82, 2.24) is 0 Å². The average Bonchev–Trinajstić information content (AvgIpc) is 2.28. The lowest BCUT2D eigenvalue weighted by atomic mass is 10.2. The first kappa shape index (κ1) is 11.4. The van der Waals surface area contributed by atoms with Crippen LogP contribution >= 0.6 is 0 Å². The number of rotatable bonds is 6. The summed E-state index contributed by atoms with van der Waals surface area (Å²) in [6.07, 6.45) is 0.588. The largest absolute Gasteiger partial charge is 0.459 e. The average molecular weight is 208 g/mol. The molecule has 0 aliphatic rings. The van der Waals surface area contributed by atoms with E-state index in [2.05, 4.69) is 0 Å². The molecule has 15 heavy (non-hydrogen) atoms. The maximum absolute atomic E-state index is 11.0. The van der Waals surface area contributed by atoms with Gasteiger partial charge < -0.3 is 14.3 Å². The van der Waals surface area contributed by atoms with Crippen LogP contribution in [-0.2, 0) is 25.7 Å². The van der Waals surface area contributed by atoms with Crippen LogP contribution in [0, 0.1) is 0 Å². The van der Waals surface area contributed by atoms with Gasteiger partial charge in [0.05, 0.1) is 0 Å². The highest BCUT2D eigenvalue weighted by molar-refractivity contribution is 5.70. The van der Waals surface area contributed by atoms with Crippen molar-refractivity contribution in [2.24, 2.45) is 0 Å². The summed E-state index contributed by atoms with van der Waals surface area (Å²) < 4.78 is 9.59. The minimum absolute atomic E-state index is 0.0829. The molecule has 0 heterocycles. The van der Waals surface area contributed by atoms with E-state index in [0.717, 1.165) is 5.56 Å². The van der Waals surface area contributed by atoms with Crippen LogP contribution in [0.25, 0.3) is 0 Å². The number of ether oxygens (including phenoxy) is 2. The number of carbonyl (C=O) groups excluding carboxylic acids is 2. The minimum Gasteiger partial charge on any atom is -0.459 e. The highest BCUT2D eigenvalue weighted by Crippen LogP contribution is 2.00. The minimum atomic E-state index is -0.472. The van der Waals surface area contributed by atoms with Gasteiger partial charge in [0.1, 0.15) is 26.1 Å². The van der Waals surface area contributed by atoms with Crippen LogP contribution in [0.4, 0.5) is 0 Å². The normalized spacial score (nSPS) is 9.60. The van der Waals surface area contributed by atoms with E-state index in [1.54, 1.807) is 0 Å². The molecule has 4 nitrogen and oxygen atoms in total. The smallest absolute Gasteiger partial charge is 0.332 e. The fraction of sp³-hybridized carbons (Fsp3) is 0.273. The highest BCUT2D eigenvalue weighted by Gasteiger charge is 2.02. The van der Waals surface area contributed by atoms with E-state index < -0.39 is 5.97 Å². The standard InChI is InChI=1S/C11H12O4/c12-6-7-14-9-11(13)15-8-10-4-2-1-3-5-10/h1-6H,7-9H2. The van der Waals surface area contributed by atoms with Crippen molar-refractivity contribution in [1.29, 1.82) is 0 Å². The Morgan fingerprint density at radius 2 is 2.00 bits per heavy atom. The fourth-order valence-corrected chi connectivity index (χ4v) is 0.970. The number of esters is 1. The van der Waals surface area contributed by atoms with E-state index in [1.165, 1.54) is 0 Å². The predicted octanol–water partition coefficient (Wildman–Crippen LogP) is 0.945. The van der Waals surface area contributed by atoms with Gasteiger partial charge in [-0.3, -0.25) is 0 Å². The summed E-state index contributed by atoms with van der Waals surface area (Å²) in [6, 6.07) is 9.34. The lowest BCUT2D eigenvalue weighted by Gasteiger charge is -2.04. The zero-order valence-corrected chi connectivity index (χ0v) is 8.22. The number of carbonyl (C=O) groups is 2. The van der Waals surface area contributed by atoms with Gasteiger partial charge in [0, 0.05) is 0 Å². The zero-order chi connectivity index (χ0) is 10.9. The zero-order valence-electron chi connectivity index (χ0n) is 8.22. The molecule has 0 unspecified atom stereocenters. The van der Waals surface area contributed by atoms with Gasteiger partial charge >= 0.3 is 5.97 Å². The van der Waals surface area contributed by atoms with E-state index in [9.17, 15) is 9.59 Å². The topological polar surface area (TPSA) is 52.6 Å². The molecule has 0 saturated carbocycles. The van der Waals surface area contributed by atoms with Crippen LogP contribution in [-0.4, -0.2) is 25.5 Å². The Balaban J connectivity index is 2.20. The van der Waals surface area contributed by atoms with Crippen LogP contribution in [0.15, 0.2) is 30.3 Å². The molecule has 0 fully saturated rings. The van der Waals surface area contributed by atoms with Crippen LogP contribution in [0.2, 0.25) is 0 Å². The Hall–Kier alpha value is -1.68. The van der Waals surface area contributed by atoms with Crippen LogP contribution in [0.5, 0.6) is 0 Å². The molecular weight excluding hydrogens is 196 g/mol. The van der Waals surface area contributed by atoms with Crippen molar-refractivity contribution in [2.75, 3.05) is 13.2 Å². The molecule has 0 spiro atoms. The number of hydrogen-bond acceptors (Lipinski definition) is 4. The second-order valence-corrected chi connectivity index (χ2v) is 2.83. The molecule has 0 amide bonds. The van der Waals surface area contributed by atoms with Crippen molar-refractivity contribution in [3.63, 3.8) is 0 Å². The second-order valence-electron chi connectivity index (χ2n) is 2.83. The quantitative estimate of drug-likeness (QED) is 0.396. The van der Waals surface area contributed by atoms with E-state index in [0.29, 0.717) is 6.29 Å². The Morgan fingerprint density at radius 3 is 2.67 bits per heavy atom. The molecule has 80 valence electrons. The SMILES string of the molecule is O=CCOCC(=O)OCc1ccccc1. The van der Waals surface area contributed by atoms with Gasteiger partial charge in [0.25, 0.3) is 0 Å². The third-order valence-electron chi connectivity index (χ3n) is 1.65. The molecular formula is C11H12O4. The third kappa shape index (κ3) is 4.93. The van der Waals surface area contributed by atoms with E-state index in [4.69, 9.17) is 9.47 Å². The maximum Gasteiger partial charge on any atom is 0.332 e. The van der Waals surface area contributed by atoms with E-state index in [-0.39, 0.29) is 19.8 Å². The first-order valence-corrected chi connectivity index (χ1v) is 4.54. The molecule has 0 aliphatic heterocycles. The molecule has 0 aliphatic carbocycles. The Labute approximate surface area is 87.8 Å². The molecule has 0 aromatic heterocycles. The molecule has 0 saturated heterocycles. The summed E-state index contributed by atoms with van der Waals surface area (Å²) in [4.78, 5) is 20.9. The number of hydrogen-bond donors (Lipinski definition) is 0. The van der Waals surface area contributed by atoms with Gasteiger partial charge in [-0.05, 0) is 5.56 Å². The van der Waals surface area contributed by atoms with Gasteiger partial charge in [-0.25, -0.2) is 4.79 Å². The summed E-state index contributed by atoms with van der Waals surface area (Å²) in [6.45, 7) is -0.0455. The molecule has 0 N–H and O–H groups in total. The molecule has 0 radical (unpaired) electrons. The Bertz CT molecular complexity index is 308. The lowest BCUT2D eigenvalue weighted by molar-refractivity contribution is -0.150. The maximum atomic E-state index is 11.0.